The molecule has 1 aromatic rings. The van der Waals surface area contributed by atoms with Crippen LogP contribution in [0.15, 0.2) is 18.2 Å². The van der Waals surface area contributed by atoms with E-state index in [0.717, 1.165) is 37.9 Å². The molecule has 0 unspecified atom stereocenters. The predicted molar refractivity (Wildman–Crippen MR) is 94.1 cm³/mol. The maximum Gasteiger partial charge on any atom is 0.258 e. The molecular weight excluding hydrogens is 304 g/mol. The van der Waals surface area contributed by atoms with E-state index in [2.05, 4.69) is 5.32 Å². The fourth-order valence-electron chi connectivity index (χ4n) is 2.87. The molecule has 0 radical (unpaired) electrons. The number of nitrogens with zero attached hydrogens (tertiary/aromatic N) is 1. The molecule has 1 heterocycles. The van der Waals surface area contributed by atoms with Crippen molar-refractivity contribution in [2.75, 3.05) is 19.7 Å². The third-order valence-electron chi connectivity index (χ3n) is 4.52. The van der Waals surface area contributed by atoms with Crippen molar-refractivity contribution >= 4 is 11.8 Å². The van der Waals surface area contributed by atoms with Gasteiger partial charge in [-0.25, -0.2) is 0 Å². The lowest BCUT2D eigenvalue weighted by molar-refractivity contribution is -0.132. The van der Waals surface area contributed by atoms with Crippen LogP contribution in [0.3, 0.4) is 0 Å². The van der Waals surface area contributed by atoms with Gasteiger partial charge in [0.25, 0.3) is 5.91 Å². The molecular formula is C19H28N2O3. The second-order valence-electron chi connectivity index (χ2n) is 6.51. The summed E-state index contributed by atoms with van der Waals surface area (Å²) in [5, 5.41) is 3.00. The Hall–Kier alpha value is -2.04. The summed E-state index contributed by atoms with van der Waals surface area (Å²) in [6.07, 6.45) is 3.11. The van der Waals surface area contributed by atoms with Crippen molar-refractivity contribution in [3.63, 3.8) is 0 Å². The number of aryl methyl sites for hydroxylation is 2. The topological polar surface area (TPSA) is 58.6 Å². The molecule has 1 aliphatic heterocycles. The average Bonchev–Trinajstić information content (AvgIpc) is 2.57. The second-order valence-corrected chi connectivity index (χ2v) is 6.51. The Labute approximate surface area is 144 Å². The predicted octanol–water partition coefficient (Wildman–Crippen LogP) is 2.59. The van der Waals surface area contributed by atoms with Gasteiger partial charge in [0.2, 0.25) is 5.91 Å². The van der Waals surface area contributed by atoms with Crippen molar-refractivity contribution < 1.29 is 14.3 Å². The third kappa shape index (κ3) is 5.25. The van der Waals surface area contributed by atoms with Crippen LogP contribution in [0.1, 0.15) is 43.7 Å². The van der Waals surface area contributed by atoms with Gasteiger partial charge in [0.15, 0.2) is 6.61 Å². The monoisotopic (exact) mass is 332 g/mol. The lowest BCUT2D eigenvalue weighted by atomic mass is 10.0. The first-order valence-electron chi connectivity index (χ1n) is 8.76. The summed E-state index contributed by atoms with van der Waals surface area (Å²) in [6.45, 7) is 7.56. The smallest absolute Gasteiger partial charge is 0.258 e. The van der Waals surface area contributed by atoms with E-state index in [-0.39, 0.29) is 24.5 Å². The van der Waals surface area contributed by atoms with E-state index in [0.29, 0.717) is 12.2 Å². The summed E-state index contributed by atoms with van der Waals surface area (Å²) >= 11 is 0. The number of benzene rings is 1. The Kier molecular flexibility index (Phi) is 6.64. The van der Waals surface area contributed by atoms with Crippen LogP contribution < -0.4 is 10.1 Å². The first-order valence-corrected chi connectivity index (χ1v) is 8.76. The molecule has 0 bridgehead atoms. The Morgan fingerprint density at radius 1 is 1.21 bits per heavy atom. The summed E-state index contributed by atoms with van der Waals surface area (Å²) in [5.74, 6) is 0.833. The SMILES string of the molecule is CCCC(=O)N1CCC(NC(=O)COc2ccc(C)c(C)c2)CC1. The summed E-state index contributed by atoms with van der Waals surface area (Å²) in [4.78, 5) is 25.8. The molecule has 0 aromatic heterocycles. The molecule has 1 aromatic carbocycles. The van der Waals surface area contributed by atoms with Crippen molar-refractivity contribution in [1.29, 1.82) is 0 Å². The number of likely N-dealkylation sites (tertiary alicyclic amines) is 1. The minimum absolute atomic E-state index is 0.0253. The van der Waals surface area contributed by atoms with E-state index in [1.165, 1.54) is 5.56 Å². The molecule has 2 rings (SSSR count). The molecule has 132 valence electrons. The Morgan fingerprint density at radius 2 is 1.92 bits per heavy atom. The Morgan fingerprint density at radius 3 is 2.54 bits per heavy atom. The highest BCUT2D eigenvalue weighted by molar-refractivity contribution is 5.78. The maximum atomic E-state index is 12.0. The van der Waals surface area contributed by atoms with Crippen LogP contribution in [0.5, 0.6) is 5.75 Å². The van der Waals surface area contributed by atoms with Gasteiger partial charge in [-0.1, -0.05) is 13.0 Å². The number of nitrogens with one attached hydrogen (secondary N) is 1. The highest BCUT2D eigenvalue weighted by Crippen LogP contribution is 2.16. The van der Waals surface area contributed by atoms with Crippen LogP contribution in [-0.4, -0.2) is 42.5 Å². The van der Waals surface area contributed by atoms with Crippen LogP contribution >= 0.6 is 0 Å². The zero-order valence-corrected chi connectivity index (χ0v) is 14.9. The molecule has 5 nitrogen and oxygen atoms in total. The molecule has 1 aliphatic rings. The van der Waals surface area contributed by atoms with Crippen molar-refractivity contribution in [2.24, 2.45) is 0 Å². The van der Waals surface area contributed by atoms with E-state index in [4.69, 9.17) is 4.74 Å². The van der Waals surface area contributed by atoms with Gasteiger partial charge in [-0.05, 0) is 56.4 Å². The first-order chi connectivity index (χ1) is 11.5. The number of rotatable bonds is 6. The Balaban J connectivity index is 1.71. The molecule has 2 amide bonds. The standard InChI is InChI=1S/C19H28N2O3/c1-4-5-19(23)21-10-8-16(9-11-21)20-18(22)13-24-17-7-6-14(2)15(3)12-17/h6-7,12,16H,4-5,8-11,13H2,1-3H3,(H,20,22). The highest BCUT2D eigenvalue weighted by Gasteiger charge is 2.23. The molecule has 1 fully saturated rings. The van der Waals surface area contributed by atoms with E-state index < -0.39 is 0 Å². The van der Waals surface area contributed by atoms with Gasteiger partial charge in [-0.2, -0.15) is 0 Å². The molecule has 5 heteroatoms. The lowest BCUT2D eigenvalue weighted by Gasteiger charge is -2.32. The summed E-state index contributed by atoms with van der Waals surface area (Å²) in [5.41, 5.74) is 2.35. The van der Waals surface area contributed by atoms with E-state index in [1.807, 2.05) is 43.9 Å². The zero-order chi connectivity index (χ0) is 17.5. The molecule has 0 atom stereocenters. The number of carbonyl (C=O) groups is 2. The fraction of sp³-hybridized carbons (Fsp3) is 0.579. The van der Waals surface area contributed by atoms with Crippen molar-refractivity contribution in [3.8, 4) is 5.75 Å². The summed E-state index contributed by atoms with van der Waals surface area (Å²) in [6, 6.07) is 5.95. The zero-order valence-electron chi connectivity index (χ0n) is 14.9. The second kappa shape index (κ2) is 8.71. The lowest BCUT2D eigenvalue weighted by Crippen LogP contribution is -2.47. The van der Waals surface area contributed by atoms with Gasteiger partial charge in [-0.3, -0.25) is 9.59 Å². The summed E-state index contributed by atoms with van der Waals surface area (Å²) in [7, 11) is 0. The van der Waals surface area contributed by atoms with Gasteiger partial charge >= 0.3 is 0 Å². The van der Waals surface area contributed by atoms with Crippen LogP contribution in [0.25, 0.3) is 0 Å². The van der Waals surface area contributed by atoms with Crippen LogP contribution in [-0.2, 0) is 9.59 Å². The summed E-state index contributed by atoms with van der Waals surface area (Å²) < 4.78 is 5.56. The third-order valence-corrected chi connectivity index (χ3v) is 4.52. The van der Waals surface area contributed by atoms with E-state index in [9.17, 15) is 9.59 Å². The van der Waals surface area contributed by atoms with Gasteiger partial charge in [-0.15, -0.1) is 0 Å². The number of carbonyl (C=O) groups excluding carboxylic acids is 2. The first kappa shape index (κ1) is 18.3. The van der Waals surface area contributed by atoms with Gasteiger partial charge in [0.1, 0.15) is 5.75 Å². The largest absolute Gasteiger partial charge is 0.484 e. The molecule has 1 saturated heterocycles. The molecule has 0 spiro atoms. The highest BCUT2D eigenvalue weighted by atomic mass is 16.5. The number of piperidine rings is 1. The van der Waals surface area contributed by atoms with Gasteiger partial charge < -0.3 is 15.0 Å². The molecule has 24 heavy (non-hydrogen) atoms. The van der Waals surface area contributed by atoms with E-state index >= 15 is 0 Å². The number of hydrogen-bond donors (Lipinski definition) is 1. The van der Waals surface area contributed by atoms with Crippen molar-refractivity contribution in [1.82, 2.24) is 10.2 Å². The maximum absolute atomic E-state index is 12.0. The Bertz CT molecular complexity index is 578. The molecule has 0 aliphatic carbocycles. The van der Waals surface area contributed by atoms with Crippen molar-refractivity contribution in [2.45, 2.75) is 52.5 Å². The van der Waals surface area contributed by atoms with Gasteiger partial charge in [0, 0.05) is 25.6 Å². The minimum Gasteiger partial charge on any atom is -0.484 e. The van der Waals surface area contributed by atoms with Crippen LogP contribution in [0.4, 0.5) is 0 Å². The molecule has 0 saturated carbocycles. The quantitative estimate of drug-likeness (QED) is 0.871. The van der Waals surface area contributed by atoms with Crippen LogP contribution in [0, 0.1) is 13.8 Å². The number of hydrogen-bond acceptors (Lipinski definition) is 3. The van der Waals surface area contributed by atoms with Crippen molar-refractivity contribution in [3.05, 3.63) is 29.3 Å². The van der Waals surface area contributed by atoms with Gasteiger partial charge in [0.05, 0.1) is 0 Å². The van der Waals surface area contributed by atoms with Crippen LogP contribution in [0.2, 0.25) is 0 Å². The van der Waals surface area contributed by atoms with E-state index in [1.54, 1.807) is 0 Å². The normalized spacial score (nSPS) is 15.2. The fourth-order valence-corrected chi connectivity index (χ4v) is 2.87. The number of amides is 2. The molecule has 1 N–H and O–H groups in total. The number of ether oxygens (including phenoxy) is 1. The minimum atomic E-state index is -0.105. The average molecular weight is 332 g/mol.